The third-order valence-electron chi connectivity index (χ3n) is 6.90. The number of thioether (sulfide) groups is 1. The summed E-state index contributed by atoms with van der Waals surface area (Å²) < 4.78 is 20.3. The number of nitrogens with zero attached hydrogens (tertiary/aromatic N) is 5. The molecule has 1 atom stereocenters. The number of hydrogen-bond acceptors (Lipinski definition) is 10. The number of aliphatic hydroxyl groups is 1. The highest BCUT2D eigenvalue weighted by molar-refractivity contribution is 8.00. The normalized spacial score (nSPS) is 16.3. The van der Waals surface area contributed by atoms with Gasteiger partial charge in [0.25, 0.3) is 5.78 Å². The standard InChI is InChI=1S/C30H22FN5O5S2/c1-16-23(35-14-4-3-5-21(35)32-16)25(37)22-24(18-8-10-19(11-9-18)28(40)41-2)36(27(39)26(22)38)29-33-34-30(43-29)42-15-17-6-12-20(31)13-7-17/h3-14,24,37H,15H2,1-2H3. The van der Waals surface area contributed by atoms with Crippen LogP contribution in [0, 0.1) is 12.7 Å². The minimum Gasteiger partial charge on any atom is -0.505 e. The Morgan fingerprint density at radius 3 is 2.53 bits per heavy atom. The predicted molar refractivity (Wildman–Crippen MR) is 158 cm³/mol. The number of esters is 1. The van der Waals surface area contributed by atoms with E-state index in [0.717, 1.165) is 16.9 Å². The first kappa shape index (κ1) is 28.2. The van der Waals surface area contributed by atoms with Crippen LogP contribution in [0.25, 0.3) is 11.4 Å². The van der Waals surface area contributed by atoms with Gasteiger partial charge in [-0.25, -0.2) is 14.2 Å². The number of aromatic nitrogens is 4. The van der Waals surface area contributed by atoms with Crippen molar-refractivity contribution in [2.75, 3.05) is 12.0 Å². The van der Waals surface area contributed by atoms with Gasteiger partial charge in [-0.05, 0) is 54.4 Å². The lowest BCUT2D eigenvalue weighted by molar-refractivity contribution is -0.132. The monoisotopic (exact) mass is 615 g/mol. The Morgan fingerprint density at radius 2 is 1.81 bits per heavy atom. The molecule has 0 spiro atoms. The number of methoxy groups -OCH3 is 1. The number of benzene rings is 2. The fourth-order valence-corrected chi connectivity index (χ4v) is 6.70. The second kappa shape index (κ2) is 11.4. The van der Waals surface area contributed by atoms with Crippen LogP contribution in [-0.4, -0.2) is 49.5 Å². The Bertz CT molecular complexity index is 1920. The molecule has 2 aromatic carbocycles. The summed E-state index contributed by atoms with van der Waals surface area (Å²) in [6.07, 6.45) is 1.70. The largest absolute Gasteiger partial charge is 0.505 e. The van der Waals surface area contributed by atoms with Gasteiger partial charge in [-0.1, -0.05) is 53.4 Å². The number of carbonyl (C=O) groups excluding carboxylic acids is 3. The molecule has 216 valence electrons. The van der Waals surface area contributed by atoms with E-state index < -0.39 is 29.5 Å². The van der Waals surface area contributed by atoms with Gasteiger partial charge in [0, 0.05) is 11.9 Å². The number of rotatable bonds is 7. The molecule has 13 heteroatoms. The zero-order valence-corrected chi connectivity index (χ0v) is 24.4. The van der Waals surface area contributed by atoms with Crippen LogP contribution in [0.2, 0.25) is 0 Å². The first-order chi connectivity index (χ1) is 20.8. The van der Waals surface area contributed by atoms with Gasteiger partial charge in [0.05, 0.1) is 30.0 Å². The number of Topliss-reactive ketones (excluding diaryl/α,β-unsaturated/α-hetero) is 1. The van der Waals surface area contributed by atoms with E-state index >= 15 is 0 Å². The number of imidazole rings is 1. The van der Waals surface area contributed by atoms with Crippen molar-refractivity contribution in [3.8, 4) is 0 Å². The SMILES string of the molecule is COC(=O)c1ccc(C2C(=C(O)c3c(C)nc4ccccn34)C(=O)C(=O)N2c2nnc(SCc3ccc(F)cc3)s2)cc1. The molecule has 4 heterocycles. The van der Waals surface area contributed by atoms with Crippen LogP contribution in [-0.2, 0) is 20.1 Å². The van der Waals surface area contributed by atoms with Gasteiger partial charge in [-0.3, -0.25) is 18.9 Å². The van der Waals surface area contributed by atoms with Gasteiger partial charge in [-0.15, -0.1) is 10.2 Å². The first-order valence-electron chi connectivity index (χ1n) is 12.9. The van der Waals surface area contributed by atoms with E-state index in [9.17, 15) is 23.9 Å². The molecule has 3 aromatic heterocycles. The van der Waals surface area contributed by atoms with Gasteiger partial charge in [0.15, 0.2) is 10.1 Å². The van der Waals surface area contributed by atoms with Crippen LogP contribution < -0.4 is 4.90 Å². The second-order valence-corrected chi connectivity index (χ2v) is 11.7. The molecule has 1 aliphatic heterocycles. The lowest BCUT2D eigenvalue weighted by Crippen LogP contribution is -2.29. The zero-order chi connectivity index (χ0) is 30.2. The van der Waals surface area contributed by atoms with Crippen molar-refractivity contribution in [1.29, 1.82) is 0 Å². The number of halogens is 1. The van der Waals surface area contributed by atoms with E-state index in [-0.39, 0.29) is 27.8 Å². The number of aryl methyl sites for hydroxylation is 1. The summed E-state index contributed by atoms with van der Waals surface area (Å²) in [5.41, 5.74) is 2.74. The fourth-order valence-electron chi connectivity index (χ4n) is 4.87. The summed E-state index contributed by atoms with van der Waals surface area (Å²) in [7, 11) is 1.27. The summed E-state index contributed by atoms with van der Waals surface area (Å²) in [6.45, 7) is 1.70. The highest BCUT2D eigenvalue weighted by atomic mass is 32.2. The third-order valence-corrected chi connectivity index (χ3v) is 9.02. The lowest BCUT2D eigenvalue weighted by atomic mass is 9.95. The van der Waals surface area contributed by atoms with E-state index in [4.69, 9.17) is 4.74 Å². The van der Waals surface area contributed by atoms with Gasteiger partial charge in [0.2, 0.25) is 5.13 Å². The first-order valence-corrected chi connectivity index (χ1v) is 14.7. The maximum absolute atomic E-state index is 13.6. The Kier molecular flexibility index (Phi) is 7.50. The van der Waals surface area contributed by atoms with E-state index in [2.05, 4.69) is 15.2 Å². The van der Waals surface area contributed by atoms with Crippen molar-refractivity contribution in [3.63, 3.8) is 0 Å². The summed E-state index contributed by atoms with van der Waals surface area (Å²) >= 11 is 2.46. The van der Waals surface area contributed by atoms with Crippen molar-refractivity contribution < 1.29 is 28.6 Å². The van der Waals surface area contributed by atoms with Crippen LogP contribution >= 0.6 is 23.1 Å². The molecular formula is C30H22FN5O5S2. The molecule has 1 amide bonds. The molecule has 0 aliphatic carbocycles. The number of ketones is 1. The van der Waals surface area contributed by atoms with Crippen molar-refractivity contribution >= 4 is 57.3 Å². The third kappa shape index (κ3) is 5.17. The number of ether oxygens (including phenoxy) is 1. The van der Waals surface area contributed by atoms with Crippen molar-refractivity contribution in [3.05, 3.63) is 112 Å². The second-order valence-electron chi connectivity index (χ2n) is 9.52. The van der Waals surface area contributed by atoms with Crippen LogP contribution in [0.5, 0.6) is 0 Å². The quantitative estimate of drug-likeness (QED) is 0.0645. The molecule has 6 rings (SSSR count). The number of amides is 1. The minimum absolute atomic E-state index is 0.152. The van der Waals surface area contributed by atoms with Gasteiger partial charge in [-0.2, -0.15) is 0 Å². The van der Waals surface area contributed by atoms with Gasteiger partial charge >= 0.3 is 11.9 Å². The van der Waals surface area contributed by atoms with E-state index in [1.165, 1.54) is 48.0 Å². The number of aliphatic hydroxyl groups excluding tert-OH is 1. The average Bonchev–Trinajstić information content (AvgIpc) is 3.69. The Balaban J connectivity index is 1.44. The molecule has 1 aliphatic rings. The van der Waals surface area contributed by atoms with Gasteiger partial charge in [0.1, 0.15) is 17.2 Å². The van der Waals surface area contributed by atoms with Crippen LogP contribution in [0.4, 0.5) is 9.52 Å². The average molecular weight is 616 g/mol. The smallest absolute Gasteiger partial charge is 0.337 e. The molecule has 5 aromatic rings. The maximum atomic E-state index is 13.6. The molecule has 1 unspecified atom stereocenters. The maximum Gasteiger partial charge on any atom is 0.337 e. The number of pyridine rings is 1. The van der Waals surface area contributed by atoms with E-state index in [0.29, 0.717) is 27.0 Å². The molecule has 0 radical (unpaired) electrons. The number of carbonyl (C=O) groups is 3. The van der Waals surface area contributed by atoms with E-state index in [1.807, 2.05) is 0 Å². The summed E-state index contributed by atoms with van der Waals surface area (Å²) in [6, 6.07) is 16.6. The van der Waals surface area contributed by atoms with Crippen LogP contribution in [0.15, 0.2) is 82.8 Å². The molecule has 0 bridgehead atoms. The van der Waals surface area contributed by atoms with Crippen LogP contribution in [0.3, 0.4) is 0 Å². The molecule has 0 saturated carbocycles. The van der Waals surface area contributed by atoms with Crippen molar-refractivity contribution in [2.45, 2.75) is 23.1 Å². The molecule has 1 N–H and O–H groups in total. The Morgan fingerprint density at radius 1 is 1.07 bits per heavy atom. The number of fused-ring (bicyclic) bond motifs is 1. The summed E-state index contributed by atoms with van der Waals surface area (Å²) in [5.74, 6) is -2.58. The lowest BCUT2D eigenvalue weighted by Gasteiger charge is -2.22. The molecule has 10 nitrogen and oxygen atoms in total. The van der Waals surface area contributed by atoms with Crippen LogP contribution in [0.1, 0.15) is 38.9 Å². The molecule has 43 heavy (non-hydrogen) atoms. The summed E-state index contributed by atoms with van der Waals surface area (Å²) in [5, 5.41) is 20.2. The zero-order valence-electron chi connectivity index (χ0n) is 22.7. The van der Waals surface area contributed by atoms with Crippen molar-refractivity contribution in [1.82, 2.24) is 19.6 Å². The summed E-state index contributed by atoms with van der Waals surface area (Å²) in [4.78, 5) is 45.0. The predicted octanol–water partition coefficient (Wildman–Crippen LogP) is 5.34. The highest BCUT2D eigenvalue weighted by Crippen LogP contribution is 2.44. The number of anilines is 1. The van der Waals surface area contributed by atoms with Gasteiger partial charge < -0.3 is 9.84 Å². The Labute approximate surface area is 252 Å². The molecule has 1 saturated heterocycles. The van der Waals surface area contributed by atoms with Crippen molar-refractivity contribution in [2.24, 2.45) is 0 Å². The molecule has 1 fully saturated rings. The van der Waals surface area contributed by atoms with E-state index in [1.54, 1.807) is 60.0 Å². The number of hydrogen-bond donors (Lipinski definition) is 1. The highest BCUT2D eigenvalue weighted by Gasteiger charge is 2.49. The topological polar surface area (TPSA) is 127 Å². The molecular weight excluding hydrogens is 593 g/mol. The Hall–Kier alpha value is -4.88. The fraction of sp³-hybridized carbons (Fsp3) is 0.133. The minimum atomic E-state index is -1.08.